The third-order valence-corrected chi connectivity index (χ3v) is 4.99. The lowest BCUT2D eigenvalue weighted by Gasteiger charge is -2.28. The van der Waals surface area contributed by atoms with Crippen molar-refractivity contribution < 1.29 is 14.3 Å². The van der Waals surface area contributed by atoms with Crippen LogP contribution in [0.4, 0.5) is 10.5 Å². The van der Waals surface area contributed by atoms with Gasteiger partial charge in [-0.05, 0) is 37.1 Å². The Balaban J connectivity index is 2.10. The molecule has 0 unspecified atom stereocenters. The smallest absolute Gasteiger partial charge is 0.322 e. The van der Waals surface area contributed by atoms with E-state index in [1.807, 2.05) is 53.9 Å². The number of benzene rings is 1. The number of carbonyl (C=O) groups is 2. The first-order valence-corrected chi connectivity index (χ1v) is 10.6. The number of anilines is 1. The van der Waals surface area contributed by atoms with Gasteiger partial charge in [0.05, 0.1) is 19.3 Å². The van der Waals surface area contributed by atoms with Crippen molar-refractivity contribution in [2.75, 3.05) is 32.1 Å². The molecule has 7 heteroatoms. The number of para-hydroxylation sites is 2. The predicted octanol–water partition coefficient (Wildman–Crippen LogP) is 4.11. The molecule has 7 nitrogen and oxygen atoms in total. The van der Waals surface area contributed by atoms with E-state index in [2.05, 4.69) is 12.2 Å². The number of urea groups is 1. The van der Waals surface area contributed by atoms with Gasteiger partial charge < -0.3 is 24.4 Å². The molecule has 0 radical (unpaired) electrons. The second-order valence-corrected chi connectivity index (χ2v) is 7.33. The summed E-state index contributed by atoms with van der Waals surface area (Å²) in [7, 11) is 3.54. The van der Waals surface area contributed by atoms with Gasteiger partial charge in [0.2, 0.25) is 5.91 Å². The Hall–Kier alpha value is -2.96. The van der Waals surface area contributed by atoms with Gasteiger partial charge in [-0.1, -0.05) is 32.4 Å². The van der Waals surface area contributed by atoms with Crippen LogP contribution in [0.5, 0.6) is 5.75 Å². The van der Waals surface area contributed by atoms with Crippen LogP contribution in [-0.2, 0) is 18.4 Å². The lowest BCUT2D eigenvalue weighted by molar-refractivity contribution is -0.132. The molecule has 0 aliphatic heterocycles. The number of carbonyl (C=O) groups excluding carboxylic acids is 2. The third-order valence-electron chi connectivity index (χ3n) is 4.99. The minimum atomic E-state index is -0.302. The van der Waals surface area contributed by atoms with Crippen molar-refractivity contribution in [3.8, 4) is 5.75 Å². The molecule has 0 spiro atoms. The molecule has 1 heterocycles. The van der Waals surface area contributed by atoms with Crippen molar-refractivity contribution in [2.45, 2.75) is 39.7 Å². The van der Waals surface area contributed by atoms with E-state index in [-0.39, 0.29) is 18.5 Å². The second kappa shape index (κ2) is 11.9. The number of ether oxygens (including phenoxy) is 1. The van der Waals surface area contributed by atoms with Crippen LogP contribution in [0, 0.1) is 0 Å². The zero-order chi connectivity index (χ0) is 21.9. The normalized spacial score (nSPS) is 10.5. The van der Waals surface area contributed by atoms with Crippen molar-refractivity contribution in [3.63, 3.8) is 0 Å². The van der Waals surface area contributed by atoms with E-state index in [0.29, 0.717) is 31.1 Å². The first-order chi connectivity index (χ1) is 14.5. The first kappa shape index (κ1) is 23.3. The van der Waals surface area contributed by atoms with Gasteiger partial charge in [0.15, 0.2) is 0 Å². The molecule has 0 saturated carbocycles. The summed E-state index contributed by atoms with van der Waals surface area (Å²) in [4.78, 5) is 29.4. The molecule has 0 atom stereocenters. The summed E-state index contributed by atoms with van der Waals surface area (Å²) >= 11 is 0. The summed E-state index contributed by atoms with van der Waals surface area (Å²) < 4.78 is 7.33. The molecular formula is C23H34N4O3. The maximum atomic E-state index is 13.1. The van der Waals surface area contributed by atoms with Gasteiger partial charge in [-0.3, -0.25) is 4.79 Å². The molecule has 164 valence electrons. The van der Waals surface area contributed by atoms with Gasteiger partial charge in [0.25, 0.3) is 0 Å². The van der Waals surface area contributed by atoms with E-state index in [0.717, 1.165) is 25.0 Å². The lowest BCUT2D eigenvalue weighted by atomic mass is 10.2. The fourth-order valence-corrected chi connectivity index (χ4v) is 3.22. The summed E-state index contributed by atoms with van der Waals surface area (Å²) in [6.07, 6.45) is 4.67. The van der Waals surface area contributed by atoms with Gasteiger partial charge in [-0.15, -0.1) is 0 Å². The van der Waals surface area contributed by atoms with Gasteiger partial charge >= 0.3 is 6.03 Å². The highest BCUT2D eigenvalue weighted by Crippen LogP contribution is 2.23. The third kappa shape index (κ3) is 6.54. The number of nitrogens with zero attached hydrogens (tertiary/aromatic N) is 3. The van der Waals surface area contributed by atoms with Crippen molar-refractivity contribution in [2.24, 2.45) is 7.05 Å². The summed E-state index contributed by atoms with van der Waals surface area (Å²) in [6, 6.07) is 10.9. The van der Waals surface area contributed by atoms with E-state index >= 15 is 0 Å². The molecule has 3 amide bonds. The Morgan fingerprint density at radius 1 is 1.03 bits per heavy atom. The average Bonchev–Trinajstić information content (AvgIpc) is 3.15. The Morgan fingerprint density at radius 3 is 2.43 bits per heavy atom. The summed E-state index contributed by atoms with van der Waals surface area (Å²) in [5.41, 5.74) is 1.66. The number of rotatable bonds is 11. The van der Waals surface area contributed by atoms with Crippen LogP contribution in [0.2, 0.25) is 0 Å². The quantitative estimate of drug-likeness (QED) is 0.602. The molecule has 0 saturated heterocycles. The van der Waals surface area contributed by atoms with Crippen molar-refractivity contribution in [1.29, 1.82) is 0 Å². The maximum Gasteiger partial charge on any atom is 0.322 e. The second-order valence-electron chi connectivity index (χ2n) is 7.33. The Bertz CT molecular complexity index is 818. The van der Waals surface area contributed by atoms with Crippen LogP contribution in [0.25, 0.3) is 0 Å². The van der Waals surface area contributed by atoms with Crippen molar-refractivity contribution in [1.82, 2.24) is 14.4 Å². The number of hydrogen-bond acceptors (Lipinski definition) is 3. The van der Waals surface area contributed by atoms with Gasteiger partial charge in [0, 0.05) is 32.0 Å². The van der Waals surface area contributed by atoms with Gasteiger partial charge in [0.1, 0.15) is 12.3 Å². The Morgan fingerprint density at radius 2 is 1.80 bits per heavy atom. The Labute approximate surface area is 179 Å². The van der Waals surface area contributed by atoms with E-state index < -0.39 is 0 Å². The number of aromatic nitrogens is 1. The number of aryl methyl sites for hydroxylation is 1. The molecule has 0 fully saturated rings. The van der Waals surface area contributed by atoms with Crippen molar-refractivity contribution >= 4 is 17.6 Å². The maximum absolute atomic E-state index is 13.1. The molecule has 1 aromatic carbocycles. The first-order valence-electron chi connectivity index (χ1n) is 10.6. The average molecular weight is 415 g/mol. The monoisotopic (exact) mass is 414 g/mol. The van der Waals surface area contributed by atoms with Crippen LogP contribution in [-0.4, -0.2) is 53.0 Å². The van der Waals surface area contributed by atoms with Crippen LogP contribution in [0.15, 0.2) is 42.6 Å². The molecule has 30 heavy (non-hydrogen) atoms. The van der Waals surface area contributed by atoms with Crippen LogP contribution >= 0.6 is 0 Å². The summed E-state index contributed by atoms with van der Waals surface area (Å²) in [5, 5.41) is 2.88. The highest BCUT2D eigenvalue weighted by Gasteiger charge is 2.22. The molecule has 1 aromatic heterocycles. The van der Waals surface area contributed by atoms with E-state index in [1.165, 1.54) is 0 Å². The van der Waals surface area contributed by atoms with Crippen LogP contribution in [0.3, 0.4) is 0 Å². The Kier molecular flexibility index (Phi) is 9.25. The van der Waals surface area contributed by atoms with E-state index in [4.69, 9.17) is 4.74 Å². The fraction of sp³-hybridized carbons (Fsp3) is 0.478. The minimum Gasteiger partial charge on any atom is -0.495 e. The minimum absolute atomic E-state index is 0.0446. The zero-order valence-electron chi connectivity index (χ0n) is 18.6. The van der Waals surface area contributed by atoms with E-state index in [9.17, 15) is 9.59 Å². The topological polar surface area (TPSA) is 66.8 Å². The number of methoxy groups -OCH3 is 1. The number of hydrogen-bond donors (Lipinski definition) is 1. The molecule has 2 rings (SSSR count). The highest BCUT2D eigenvalue weighted by molar-refractivity contribution is 5.93. The highest BCUT2D eigenvalue weighted by atomic mass is 16.5. The lowest BCUT2D eigenvalue weighted by Crippen LogP contribution is -2.45. The molecule has 0 bridgehead atoms. The SMILES string of the molecule is CCCCN(Cc1cccn1C)C(=O)CN(CCC)C(=O)Nc1ccccc1OC. The number of nitrogens with one attached hydrogen (secondary N) is 1. The molecule has 1 N–H and O–H groups in total. The van der Waals surface area contributed by atoms with Gasteiger partial charge in [-0.2, -0.15) is 0 Å². The summed E-state index contributed by atoms with van der Waals surface area (Å²) in [5.74, 6) is 0.537. The zero-order valence-corrected chi connectivity index (χ0v) is 18.6. The molecule has 0 aliphatic rings. The van der Waals surface area contributed by atoms with E-state index in [1.54, 1.807) is 24.1 Å². The summed E-state index contributed by atoms with van der Waals surface area (Å²) in [6.45, 7) is 5.86. The number of unbranched alkanes of at least 4 members (excludes halogenated alkanes) is 1. The van der Waals surface area contributed by atoms with Crippen molar-refractivity contribution in [3.05, 3.63) is 48.3 Å². The van der Waals surface area contributed by atoms with Crippen LogP contribution in [0.1, 0.15) is 38.8 Å². The molecule has 2 aromatic rings. The predicted molar refractivity (Wildman–Crippen MR) is 120 cm³/mol. The standard InChI is InChI=1S/C23H34N4O3/c1-5-7-16-26(17-19-11-10-15-25(19)3)22(28)18-27(14-6-2)23(29)24-20-12-8-9-13-21(20)30-4/h8-13,15H,5-7,14,16-18H2,1-4H3,(H,24,29). The van der Waals surface area contributed by atoms with Crippen LogP contribution < -0.4 is 10.1 Å². The van der Waals surface area contributed by atoms with Gasteiger partial charge in [-0.25, -0.2) is 4.79 Å². The fourth-order valence-electron chi connectivity index (χ4n) is 3.22. The number of amides is 3. The molecular weight excluding hydrogens is 380 g/mol. The molecule has 0 aliphatic carbocycles. The largest absolute Gasteiger partial charge is 0.495 e.